The van der Waals surface area contributed by atoms with Crippen LogP contribution >= 0.6 is 11.6 Å². The summed E-state index contributed by atoms with van der Waals surface area (Å²) in [5.41, 5.74) is -0.0767. The van der Waals surface area contributed by atoms with Gasteiger partial charge in [-0.1, -0.05) is 6.42 Å². The van der Waals surface area contributed by atoms with Gasteiger partial charge in [-0.25, -0.2) is 17.2 Å². The second-order valence-corrected chi connectivity index (χ2v) is 7.28. The van der Waals surface area contributed by atoms with Crippen molar-refractivity contribution in [1.29, 1.82) is 0 Å². The fourth-order valence-corrected chi connectivity index (χ4v) is 4.94. The van der Waals surface area contributed by atoms with Crippen LogP contribution in [0.1, 0.15) is 30.2 Å². The molecule has 1 aliphatic heterocycles. The Kier molecular flexibility index (Phi) is 3.92. The lowest BCUT2D eigenvalue weighted by atomic mass is 10.0. The number of hydrogen-bond donors (Lipinski definition) is 0. The van der Waals surface area contributed by atoms with Gasteiger partial charge in [0.15, 0.2) is 9.84 Å². The molecule has 2 unspecified atom stereocenters. The van der Waals surface area contributed by atoms with Crippen molar-refractivity contribution in [2.24, 2.45) is 0 Å². The summed E-state index contributed by atoms with van der Waals surface area (Å²) in [6, 6.07) is 2.92. The molecule has 0 saturated carbocycles. The molecule has 1 heterocycles. The third kappa shape index (κ3) is 2.67. The maximum Gasteiger partial charge on any atom is 0.154 e. The van der Waals surface area contributed by atoms with E-state index in [1.807, 2.05) is 0 Å². The van der Waals surface area contributed by atoms with Gasteiger partial charge >= 0.3 is 0 Å². The maximum atomic E-state index is 13.6. The van der Waals surface area contributed by atoms with Gasteiger partial charge in [0.1, 0.15) is 11.6 Å². The smallest absolute Gasteiger partial charge is 0.154 e. The van der Waals surface area contributed by atoms with Gasteiger partial charge in [-0.2, -0.15) is 0 Å². The predicted molar refractivity (Wildman–Crippen MR) is 66.4 cm³/mol. The predicted octanol–water partition coefficient (Wildman–Crippen LogP) is 3.21. The minimum Gasteiger partial charge on any atom is -0.228 e. The molecule has 1 aromatic carbocycles. The monoisotopic (exact) mass is 294 g/mol. The molecule has 0 radical (unpaired) electrons. The summed E-state index contributed by atoms with van der Waals surface area (Å²) in [6.07, 6.45) is 1.74. The second kappa shape index (κ2) is 5.13. The van der Waals surface area contributed by atoms with E-state index in [0.717, 1.165) is 24.6 Å². The van der Waals surface area contributed by atoms with Crippen LogP contribution in [0, 0.1) is 11.6 Å². The summed E-state index contributed by atoms with van der Waals surface area (Å²) in [7, 11) is -3.32. The van der Waals surface area contributed by atoms with E-state index >= 15 is 0 Å². The van der Waals surface area contributed by atoms with Gasteiger partial charge in [0, 0.05) is 5.56 Å². The average Bonchev–Trinajstić information content (AvgIpc) is 2.31. The third-order valence-electron chi connectivity index (χ3n) is 3.21. The maximum absolute atomic E-state index is 13.6. The first-order chi connectivity index (χ1) is 8.42. The minimum atomic E-state index is -3.32. The van der Waals surface area contributed by atoms with Crippen LogP contribution in [0.3, 0.4) is 0 Å². The van der Waals surface area contributed by atoms with Crippen LogP contribution in [0.25, 0.3) is 0 Å². The van der Waals surface area contributed by atoms with Gasteiger partial charge in [-0.3, -0.25) is 0 Å². The first kappa shape index (κ1) is 13.7. The number of alkyl halides is 1. The quantitative estimate of drug-likeness (QED) is 0.785. The highest BCUT2D eigenvalue weighted by atomic mass is 35.5. The number of sulfone groups is 1. The minimum absolute atomic E-state index is 0.0673. The first-order valence-corrected chi connectivity index (χ1v) is 7.87. The molecule has 2 nitrogen and oxygen atoms in total. The van der Waals surface area contributed by atoms with Crippen LogP contribution in [-0.2, 0) is 9.84 Å². The SMILES string of the molecule is O=S1(=O)CCCCC1C(Cl)c1cc(F)ccc1F. The zero-order valence-electron chi connectivity index (χ0n) is 9.57. The van der Waals surface area contributed by atoms with Crippen LogP contribution in [0.5, 0.6) is 0 Å². The first-order valence-electron chi connectivity index (χ1n) is 5.72. The van der Waals surface area contributed by atoms with Crippen molar-refractivity contribution in [2.75, 3.05) is 5.75 Å². The Balaban J connectivity index is 2.35. The molecule has 0 bridgehead atoms. The van der Waals surface area contributed by atoms with Gasteiger partial charge in [-0.15, -0.1) is 11.6 Å². The number of hydrogen-bond acceptors (Lipinski definition) is 2. The molecule has 0 aromatic heterocycles. The standard InChI is InChI=1S/C12H13ClF2O2S/c13-12(9-7-8(14)4-5-10(9)15)11-3-1-2-6-18(11,16)17/h4-5,7,11-12H,1-3,6H2. The number of rotatable bonds is 2. The fraction of sp³-hybridized carbons (Fsp3) is 0.500. The molecule has 0 spiro atoms. The Morgan fingerprint density at radius 2 is 2.00 bits per heavy atom. The summed E-state index contributed by atoms with van der Waals surface area (Å²) >= 11 is 6.06. The molecule has 0 aliphatic carbocycles. The Labute approximate surface area is 110 Å². The van der Waals surface area contributed by atoms with E-state index < -0.39 is 32.1 Å². The van der Waals surface area contributed by atoms with Gasteiger partial charge < -0.3 is 0 Å². The lowest BCUT2D eigenvalue weighted by Gasteiger charge is -2.26. The molecule has 2 atom stereocenters. The van der Waals surface area contributed by atoms with Crippen molar-refractivity contribution in [3.8, 4) is 0 Å². The Morgan fingerprint density at radius 1 is 1.28 bits per heavy atom. The molecular weight excluding hydrogens is 282 g/mol. The third-order valence-corrected chi connectivity index (χ3v) is 6.19. The second-order valence-electron chi connectivity index (χ2n) is 4.47. The average molecular weight is 295 g/mol. The molecular formula is C12H13ClF2O2S. The molecule has 1 fully saturated rings. The van der Waals surface area contributed by atoms with E-state index in [4.69, 9.17) is 11.6 Å². The molecule has 18 heavy (non-hydrogen) atoms. The van der Waals surface area contributed by atoms with Crippen LogP contribution < -0.4 is 0 Å². The van der Waals surface area contributed by atoms with Crippen LogP contribution in [0.2, 0.25) is 0 Å². The zero-order valence-corrected chi connectivity index (χ0v) is 11.1. The molecule has 100 valence electrons. The van der Waals surface area contributed by atoms with Gasteiger partial charge in [0.25, 0.3) is 0 Å². The van der Waals surface area contributed by atoms with E-state index in [0.29, 0.717) is 12.8 Å². The summed E-state index contributed by atoms with van der Waals surface area (Å²) in [5.74, 6) is -1.22. The molecule has 2 rings (SSSR count). The van der Waals surface area contributed by atoms with E-state index in [1.165, 1.54) is 0 Å². The fourth-order valence-electron chi connectivity index (χ4n) is 2.23. The lowest BCUT2D eigenvalue weighted by molar-refractivity contribution is 0.523. The van der Waals surface area contributed by atoms with E-state index in [2.05, 4.69) is 0 Å². The zero-order chi connectivity index (χ0) is 13.3. The molecule has 0 N–H and O–H groups in total. The van der Waals surface area contributed by atoms with Crippen molar-refractivity contribution < 1.29 is 17.2 Å². The largest absolute Gasteiger partial charge is 0.228 e. The molecule has 1 saturated heterocycles. The van der Waals surface area contributed by atoms with Crippen molar-refractivity contribution in [2.45, 2.75) is 29.9 Å². The van der Waals surface area contributed by atoms with Crippen molar-refractivity contribution >= 4 is 21.4 Å². The van der Waals surface area contributed by atoms with E-state index in [1.54, 1.807) is 0 Å². The van der Waals surface area contributed by atoms with Crippen molar-refractivity contribution in [3.05, 3.63) is 35.4 Å². The summed E-state index contributed by atoms with van der Waals surface area (Å²) in [5, 5.41) is -1.87. The number of halogens is 3. The van der Waals surface area contributed by atoms with E-state index in [-0.39, 0.29) is 11.3 Å². The van der Waals surface area contributed by atoms with Crippen LogP contribution in [0.15, 0.2) is 18.2 Å². The molecule has 6 heteroatoms. The molecule has 0 amide bonds. The molecule has 1 aromatic rings. The normalized spacial score (nSPS) is 24.7. The highest BCUT2D eigenvalue weighted by Gasteiger charge is 2.36. The Hall–Kier alpha value is -0.680. The van der Waals surface area contributed by atoms with Gasteiger partial charge in [0.2, 0.25) is 0 Å². The van der Waals surface area contributed by atoms with E-state index in [9.17, 15) is 17.2 Å². The Bertz CT molecular complexity index is 545. The lowest BCUT2D eigenvalue weighted by Crippen LogP contribution is -2.32. The molecule has 1 aliphatic rings. The summed E-state index contributed by atoms with van der Waals surface area (Å²) in [4.78, 5) is 0. The van der Waals surface area contributed by atoms with Crippen molar-refractivity contribution in [1.82, 2.24) is 0 Å². The highest BCUT2D eigenvalue weighted by molar-refractivity contribution is 7.92. The number of benzene rings is 1. The van der Waals surface area contributed by atoms with Crippen LogP contribution in [-0.4, -0.2) is 19.4 Å². The van der Waals surface area contributed by atoms with Gasteiger partial charge in [0.05, 0.1) is 16.4 Å². The Morgan fingerprint density at radius 3 is 2.67 bits per heavy atom. The summed E-state index contributed by atoms with van der Waals surface area (Å²) < 4.78 is 50.5. The van der Waals surface area contributed by atoms with Crippen LogP contribution in [0.4, 0.5) is 8.78 Å². The van der Waals surface area contributed by atoms with Crippen molar-refractivity contribution in [3.63, 3.8) is 0 Å². The van der Waals surface area contributed by atoms with Gasteiger partial charge in [-0.05, 0) is 31.0 Å². The topological polar surface area (TPSA) is 34.1 Å². The highest BCUT2D eigenvalue weighted by Crippen LogP contribution is 2.36. The summed E-state index contributed by atoms with van der Waals surface area (Å²) in [6.45, 7) is 0.